The molecule has 3 aromatic heterocycles. The lowest BCUT2D eigenvalue weighted by atomic mass is 9.78. The van der Waals surface area contributed by atoms with E-state index in [0.29, 0.717) is 5.92 Å². The molecule has 132 valence electrons. The average molecular weight is 345 g/mol. The zero-order chi connectivity index (χ0) is 17.3. The highest BCUT2D eigenvalue weighted by atomic mass is 15.4. The van der Waals surface area contributed by atoms with Crippen LogP contribution in [0.5, 0.6) is 0 Å². The first-order valence-electron chi connectivity index (χ1n) is 9.59. The SMILES string of the molecule is c1ccc(CCC2CCC(c3nnn4cnc5[nH]ccc5c34)CC2)cc1. The number of benzene rings is 1. The molecule has 1 N–H and O–H groups in total. The largest absolute Gasteiger partial charge is 0.346 e. The minimum Gasteiger partial charge on any atom is -0.346 e. The highest BCUT2D eigenvalue weighted by Gasteiger charge is 2.26. The van der Waals surface area contributed by atoms with E-state index < -0.39 is 0 Å². The Bertz CT molecular complexity index is 1010. The lowest BCUT2D eigenvalue weighted by molar-refractivity contribution is 0.308. The third-order valence-corrected chi connectivity index (χ3v) is 5.91. The van der Waals surface area contributed by atoms with E-state index in [9.17, 15) is 0 Å². The minimum atomic E-state index is 0.515. The molecule has 0 atom stereocenters. The average Bonchev–Trinajstić information content (AvgIpc) is 3.34. The lowest BCUT2D eigenvalue weighted by Crippen LogP contribution is -2.14. The number of hydrogen-bond acceptors (Lipinski definition) is 3. The maximum absolute atomic E-state index is 4.53. The van der Waals surface area contributed by atoms with E-state index in [1.54, 1.807) is 6.33 Å². The number of rotatable bonds is 4. The monoisotopic (exact) mass is 345 g/mol. The second-order valence-electron chi connectivity index (χ2n) is 7.49. The number of aromatic amines is 1. The van der Waals surface area contributed by atoms with E-state index in [1.807, 2.05) is 10.7 Å². The number of aryl methyl sites for hydroxylation is 1. The van der Waals surface area contributed by atoms with Gasteiger partial charge in [-0.2, -0.15) is 0 Å². The molecule has 0 saturated heterocycles. The van der Waals surface area contributed by atoms with Gasteiger partial charge in [-0.25, -0.2) is 9.50 Å². The van der Waals surface area contributed by atoms with Crippen LogP contribution in [0.4, 0.5) is 0 Å². The van der Waals surface area contributed by atoms with Gasteiger partial charge in [-0.15, -0.1) is 5.10 Å². The lowest BCUT2D eigenvalue weighted by Gasteiger charge is -2.27. The van der Waals surface area contributed by atoms with Gasteiger partial charge in [0.25, 0.3) is 0 Å². The van der Waals surface area contributed by atoms with Crippen LogP contribution in [0, 0.1) is 5.92 Å². The molecule has 0 bridgehead atoms. The molecule has 4 aromatic rings. The first-order valence-corrected chi connectivity index (χ1v) is 9.59. The first-order chi connectivity index (χ1) is 12.9. The molecule has 0 aliphatic heterocycles. The van der Waals surface area contributed by atoms with Crippen LogP contribution in [0.15, 0.2) is 48.9 Å². The third-order valence-electron chi connectivity index (χ3n) is 5.91. The van der Waals surface area contributed by atoms with Crippen molar-refractivity contribution in [1.82, 2.24) is 24.8 Å². The molecule has 5 rings (SSSR count). The molecule has 1 saturated carbocycles. The highest BCUT2D eigenvalue weighted by Crippen LogP contribution is 2.39. The summed E-state index contributed by atoms with van der Waals surface area (Å²) in [6.07, 6.45) is 11.2. The van der Waals surface area contributed by atoms with Gasteiger partial charge in [-0.05, 0) is 56.1 Å². The highest BCUT2D eigenvalue weighted by molar-refractivity contribution is 5.92. The molecule has 1 aliphatic rings. The van der Waals surface area contributed by atoms with Crippen molar-refractivity contribution in [1.29, 1.82) is 0 Å². The summed E-state index contributed by atoms with van der Waals surface area (Å²) in [5.41, 5.74) is 4.65. The van der Waals surface area contributed by atoms with Crippen molar-refractivity contribution in [3.05, 3.63) is 60.2 Å². The summed E-state index contributed by atoms with van der Waals surface area (Å²) in [5.74, 6) is 1.35. The van der Waals surface area contributed by atoms with Gasteiger partial charge in [-0.1, -0.05) is 35.5 Å². The zero-order valence-electron chi connectivity index (χ0n) is 14.8. The number of nitrogens with one attached hydrogen (secondary N) is 1. The summed E-state index contributed by atoms with van der Waals surface area (Å²) < 4.78 is 1.83. The smallest absolute Gasteiger partial charge is 0.141 e. The molecule has 26 heavy (non-hydrogen) atoms. The molecule has 5 nitrogen and oxygen atoms in total. The molecule has 1 aromatic carbocycles. The Morgan fingerprint density at radius 2 is 1.88 bits per heavy atom. The standard InChI is InChI=1S/C21H23N5/c1-2-4-15(5-3-1)6-7-16-8-10-17(11-9-16)19-20-18-12-13-22-21(18)23-14-26(20)25-24-19/h1-5,12-14,16-17,22H,6-11H2. The molecule has 1 fully saturated rings. The fourth-order valence-electron chi connectivity index (χ4n) is 4.43. The van der Waals surface area contributed by atoms with Crippen molar-refractivity contribution in [3.8, 4) is 0 Å². The summed E-state index contributed by atoms with van der Waals surface area (Å²) >= 11 is 0. The molecule has 0 unspecified atom stereocenters. The van der Waals surface area contributed by atoms with Gasteiger partial charge in [0.1, 0.15) is 17.5 Å². The topological polar surface area (TPSA) is 58.9 Å². The van der Waals surface area contributed by atoms with Crippen LogP contribution >= 0.6 is 0 Å². The second-order valence-corrected chi connectivity index (χ2v) is 7.49. The van der Waals surface area contributed by atoms with Crippen LogP contribution in [-0.2, 0) is 6.42 Å². The van der Waals surface area contributed by atoms with Crippen molar-refractivity contribution < 1.29 is 0 Å². The first kappa shape index (κ1) is 15.6. The molecular weight excluding hydrogens is 322 g/mol. The number of fused-ring (bicyclic) bond motifs is 3. The molecule has 0 radical (unpaired) electrons. The number of H-pyrrole nitrogens is 1. The van der Waals surface area contributed by atoms with Gasteiger partial charge in [0, 0.05) is 17.5 Å². The number of aromatic nitrogens is 5. The number of nitrogens with zero attached hydrogens (tertiary/aromatic N) is 4. The Morgan fingerprint density at radius 3 is 2.73 bits per heavy atom. The van der Waals surface area contributed by atoms with Gasteiger partial charge < -0.3 is 4.98 Å². The van der Waals surface area contributed by atoms with Crippen LogP contribution < -0.4 is 0 Å². The van der Waals surface area contributed by atoms with Crippen LogP contribution in [0.1, 0.15) is 49.3 Å². The molecule has 3 heterocycles. The van der Waals surface area contributed by atoms with E-state index in [-0.39, 0.29) is 0 Å². The summed E-state index contributed by atoms with van der Waals surface area (Å²) in [7, 11) is 0. The summed E-state index contributed by atoms with van der Waals surface area (Å²) in [6.45, 7) is 0. The normalized spacial score (nSPS) is 20.8. The van der Waals surface area contributed by atoms with Crippen molar-refractivity contribution in [2.24, 2.45) is 5.92 Å². The second kappa shape index (κ2) is 6.56. The Balaban J connectivity index is 1.30. The number of hydrogen-bond donors (Lipinski definition) is 1. The fourth-order valence-corrected chi connectivity index (χ4v) is 4.43. The molecular formula is C21H23N5. The van der Waals surface area contributed by atoms with Crippen molar-refractivity contribution in [2.75, 3.05) is 0 Å². The van der Waals surface area contributed by atoms with Crippen LogP contribution in [0.2, 0.25) is 0 Å². The van der Waals surface area contributed by atoms with Crippen molar-refractivity contribution in [2.45, 2.75) is 44.4 Å². The Kier molecular flexibility index (Phi) is 3.92. The van der Waals surface area contributed by atoms with Gasteiger partial charge in [0.05, 0.1) is 5.69 Å². The van der Waals surface area contributed by atoms with Gasteiger partial charge >= 0.3 is 0 Å². The predicted molar refractivity (Wildman–Crippen MR) is 102 cm³/mol. The summed E-state index contributed by atoms with van der Waals surface area (Å²) in [4.78, 5) is 7.59. The Morgan fingerprint density at radius 1 is 1.04 bits per heavy atom. The maximum atomic E-state index is 4.53. The van der Waals surface area contributed by atoms with E-state index in [1.165, 1.54) is 44.1 Å². The molecule has 5 heteroatoms. The molecule has 0 amide bonds. The predicted octanol–water partition coefficient (Wildman–Crippen LogP) is 4.51. The maximum Gasteiger partial charge on any atom is 0.141 e. The zero-order valence-corrected chi connectivity index (χ0v) is 14.8. The molecule has 0 spiro atoms. The van der Waals surface area contributed by atoms with Crippen molar-refractivity contribution in [3.63, 3.8) is 0 Å². The van der Waals surface area contributed by atoms with Crippen LogP contribution in [0.25, 0.3) is 16.6 Å². The quantitative estimate of drug-likeness (QED) is 0.592. The third kappa shape index (κ3) is 2.77. The Labute approximate surface area is 152 Å². The van der Waals surface area contributed by atoms with Gasteiger partial charge in [0.15, 0.2) is 0 Å². The Hall–Kier alpha value is -2.69. The van der Waals surface area contributed by atoms with E-state index >= 15 is 0 Å². The summed E-state index contributed by atoms with van der Waals surface area (Å²) in [6, 6.07) is 12.9. The summed E-state index contributed by atoms with van der Waals surface area (Å²) in [5, 5.41) is 9.96. The van der Waals surface area contributed by atoms with E-state index in [4.69, 9.17) is 0 Å². The van der Waals surface area contributed by atoms with Crippen molar-refractivity contribution >= 4 is 16.6 Å². The fraction of sp³-hybridized carbons (Fsp3) is 0.381. The van der Waals surface area contributed by atoms with Crippen LogP contribution in [-0.4, -0.2) is 24.8 Å². The van der Waals surface area contributed by atoms with Crippen LogP contribution in [0.3, 0.4) is 0 Å². The van der Waals surface area contributed by atoms with E-state index in [0.717, 1.165) is 28.2 Å². The molecule has 1 aliphatic carbocycles. The van der Waals surface area contributed by atoms with Gasteiger partial charge in [0.2, 0.25) is 0 Å². The minimum absolute atomic E-state index is 0.515. The van der Waals surface area contributed by atoms with E-state index in [2.05, 4.69) is 56.7 Å². The van der Waals surface area contributed by atoms with Gasteiger partial charge in [-0.3, -0.25) is 0 Å².